The lowest BCUT2D eigenvalue weighted by Crippen LogP contribution is -2.59. The Morgan fingerprint density at radius 1 is 1.13 bits per heavy atom. The smallest absolute Gasteiger partial charge is 0.397 e. The van der Waals surface area contributed by atoms with E-state index in [0.717, 1.165) is 6.07 Å². The maximum Gasteiger partial charge on any atom is 0.418 e. The van der Waals surface area contributed by atoms with Gasteiger partial charge in [-0.1, -0.05) is 23.2 Å². The molecule has 1 fully saturated rings. The molecule has 38 heavy (non-hydrogen) atoms. The van der Waals surface area contributed by atoms with Crippen molar-refractivity contribution in [2.75, 3.05) is 24.3 Å². The number of pyridine rings is 2. The van der Waals surface area contributed by atoms with Gasteiger partial charge in [0.2, 0.25) is 5.91 Å². The van der Waals surface area contributed by atoms with Gasteiger partial charge in [0.15, 0.2) is 0 Å². The molecule has 2 amide bonds. The third kappa shape index (κ3) is 6.26. The number of amides is 2. The molecule has 1 saturated heterocycles. The summed E-state index contributed by atoms with van der Waals surface area (Å²) in [4.78, 5) is 33.9. The van der Waals surface area contributed by atoms with Crippen molar-refractivity contribution in [3.8, 4) is 0 Å². The molecule has 14 heteroatoms. The molecule has 200 valence electrons. The molecular weight excluding hydrogens is 548 g/mol. The van der Waals surface area contributed by atoms with Crippen LogP contribution in [0.25, 0.3) is 0 Å². The number of hydrogen-bond donors (Lipinski definition) is 4. The lowest BCUT2D eigenvalue weighted by molar-refractivity contribution is -0.137. The zero-order valence-electron chi connectivity index (χ0n) is 19.5. The third-order valence-electron chi connectivity index (χ3n) is 5.73. The highest BCUT2D eigenvalue weighted by atomic mass is 35.5. The average Bonchev–Trinajstić information content (AvgIpc) is 3.33. The number of anilines is 3. The van der Waals surface area contributed by atoms with Crippen LogP contribution in [0.4, 0.5) is 30.2 Å². The van der Waals surface area contributed by atoms with E-state index in [0.29, 0.717) is 5.69 Å². The summed E-state index contributed by atoms with van der Waals surface area (Å²) in [7, 11) is 0. The molecule has 3 heterocycles. The molecule has 4 rings (SSSR count). The molecule has 5 N–H and O–H groups in total. The minimum atomic E-state index is -4.63. The van der Waals surface area contributed by atoms with Crippen LogP contribution in [0.3, 0.4) is 0 Å². The number of benzene rings is 1. The summed E-state index contributed by atoms with van der Waals surface area (Å²) in [6.07, 6.45) is -0.403. The Hall–Kier alpha value is -3.61. The zero-order valence-corrected chi connectivity index (χ0v) is 21.0. The SMILES string of the molecule is Nc1cncc(C(=O)N[C@@]2(C(=O)NCc3ncc(Nc4ccc(Cl)cc4C(F)(F)F)cc3Cl)CCOC2)c1. The Morgan fingerprint density at radius 2 is 1.92 bits per heavy atom. The quantitative estimate of drug-likeness (QED) is 0.333. The number of alkyl halides is 3. The van der Waals surface area contributed by atoms with Crippen LogP contribution in [0.15, 0.2) is 48.9 Å². The summed E-state index contributed by atoms with van der Waals surface area (Å²) < 4.78 is 45.5. The second-order valence-electron chi connectivity index (χ2n) is 8.49. The maximum atomic E-state index is 13.4. The third-order valence-corrected chi connectivity index (χ3v) is 6.29. The molecule has 0 aliphatic carbocycles. The minimum Gasteiger partial charge on any atom is -0.397 e. The van der Waals surface area contributed by atoms with Gasteiger partial charge in [-0.05, 0) is 30.3 Å². The molecule has 0 saturated carbocycles. The number of nitrogen functional groups attached to an aromatic ring is 1. The van der Waals surface area contributed by atoms with Gasteiger partial charge in [-0.15, -0.1) is 0 Å². The normalized spacial score (nSPS) is 17.2. The summed E-state index contributed by atoms with van der Waals surface area (Å²) in [6, 6.07) is 6.15. The topological polar surface area (TPSA) is 131 Å². The lowest BCUT2D eigenvalue weighted by Gasteiger charge is -2.27. The van der Waals surface area contributed by atoms with Crippen molar-refractivity contribution in [1.82, 2.24) is 20.6 Å². The largest absolute Gasteiger partial charge is 0.418 e. The monoisotopic (exact) mass is 568 g/mol. The standard InChI is InChI=1S/C24H21Cl2F3N6O3/c25-14-1-2-19(17(6-14)24(27,28)29)34-16-7-18(26)20(32-10-16)11-33-22(37)23(3-4-38-12-23)35-21(36)13-5-15(30)9-31-8-13/h1-2,5-10,34H,3-4,11-12,30H2,(H,33,37)(H,35,36)/t23-/m0/s1. The van der Waals surface area contributed by atoms with E-state index in [1.54, 1.807) is 0 Å². The van der Waals surface area contributed by atoms with Gasteiger partial charge < -0.3 is 26.4 Å². The number of aromatic nitrogens is 2. The second-order valence-corrected chi connectivity index (χ2v) is 9.34. The molecule has 0 unspecified atom stereocenters. The first-order valence-corrected chi connectivity index (χ1v) is 11.9. The van der Waals surface area contributed by atoms with E-state index in [1.807, 2.05) is 0 Å². The highest BCUT2D eigenvalue weighted by molar-refractivity contribution is 6.31. The molecule has 1 aliphatic heterocycles. The van der Waals surface area contributed by atoms with Crippen LogP contribution in [-0.2, 0) is 22.3 Å². The molecule has 1 aromatic carbocycles. The van der Waals surface area contributed by atoms with E-state index < -0.39 is 29.1 Å². The van der Waals surface area contributed by atoms with Gasteiger partial charge in [-0.25, -0.2) is 0 Å². The maximum absolute atomic E-state index is 13.4. The van der Waals surface area contributed by atoms with E-state index in [2.05, 4.69) is 25.9 Å². The first-order chi connectivity index (χ1) is 18.0. The van der Waals surface area contributed by atoms with E-state index >= 15 is 0 Å². The number of rotatable bonds is 7. The lowest BCUT2D eigenvalue weighted by atomic mass is 9.96. The minimum absolute atomic E-state index is 0.0486. The van der Waals surface area contributed by atoms with Gasteiger partial charge in [-0.2, -0.15) is 13.2 Å². The average molecular weight is 569 g/mol. The van der Waals surface area contributed by atoms with E-state index in [4.69, 9.17) is 33.7 Å². The Labute approximate surface area is 224 Å². The van der Waals surface area contributed by atoms with Crippen molar-refractivity contribution in [3.05, 3.63) is 75.8 Å². The molecular formula is C24H21Cl2F3N6O3. The van der Waals surface area contributed by atoms with Crippen LogP contribution in [-0.4, -0.2) is 40.5 Å². The highest BCUT2D eigenvalue weighted by Gasteiger charge is 2.44. The number of nitrogens with one attached hydrogen (secondary N) is 3. The Bertz CT molecular complexity index is 1370. The highest BCUT2D eigenvalue weighted by Crippen LogP contribution is 2.38. The fraction of sp³-hybridized carbons (Fsp3) is 0.250. The van der Waals surface area contributed by atoms with Crippen LogP contribution in [0.1, 0.15) is 28.0 Å². The van der Waals surface area contributed by atoms with Crippen molar-refractivity contribution in [1.29, 1.82) is 0 Å². The zero-order chi connectivity index (χ0) is 27.5. The molecule has 0 bridgehead atoms. The summed E-state index contributed by atoms with van der Waals surface area (Å²) in [6.45, 7) is 0.101. The summed E-state index contributed by atoms with van der Waals surface area (Å²) in [5.41, 5.74) is 4.11. The first kappa shape index (κ1) is 27.4. The number of hydrogen-bond acceptors (Lipinski definition) is 7. The molecule has 0 radical (unpaired) electrons. The van der Waals surface area contributed by atoms with E-state index in [-0.39, 0.29) is 58.9 Å². The van der Waals surface area contributed by atoms with E-state index in [1.165, 1.54) is 42.9 Å². The van der Waals surface area contributed by atoms with Gasteiger partial charge in [0, 0.05) is 30.4 Å². The van der Waals surface area contributed by atoms with Crippen LogP contribution < -0.4 is 21.7 Å². The Balaban J connectivity index is 1.44. The van der Waals surface area contributed by atoms with Crippen LogP contribution in [0.5, 0.6) is 0 Å². The van der Waals surface area contributed by atoms with Crippen LogP contribution in [0.2, 0.25) is 10.0 Å². The summed E-state index contributed by atoms with van der Waals surface area (Å²) in [5.74, 6) is -1.06. The van der Waals surface area contributed by atoms with Gasteiger partial charge in [0.05, 0.1) is 58.3 Å². The predicted octanol–water partition coefficient (Wildman–Crippen LogP) is 4.33. The van der Waals surface area contributed by atoms with Gasteiger partial charge in [0.25, 0.3) is 5.91 Å². The Kier molecular flexibility index (Phi) is 7.95. The van der Waals surface area contributed by atoms with Crippen molar-refractivity contribution in [2.24, 2.45) is 0 Å². The van der Waals surface area contributed by atoms with Gasteiger partial charge in [-0.3, -0.25) is 19.6 Å². The first-order valence-electron chi connectivity index (χ1n) is 11.1. The molecule has 1 aliphatic rings. The number of carbonyl (C=O) groups is 2. The fourth-order valence-corrected chi connectivity index (χ4v) is 4.19. The fourth-order valence-electron chi connectivity index (χ4n) is 3.78. The van der Waals surface area contributed by atoms with Gasteiger partial charge in [0.1, 0.15) is 5.54 Å². The molecule has 9 nitrogen and oxygen atoms in total. The number of ether oxygens (including phenoxy) is 1. The van der Waals surface area contributed by atoms with Crippen molar-refractivity contribution in [2.45, 2.75) is 24.7 Å². The van der Waals surface area contributed by atoms with Crippen molar-refractivity contribution >= 4 is 52.1 Å². The number of nitrogens with zero attached hydrogens (tertiary/aromatic N) is 2. The van der Waals surface area contributed by atoms with Gasteiger partial charge >= 0.3 is 6.18 Å². The molecule has 1 atom stereocenters. The summed E-state index contributed by atoms with van der Waals surface area (Å²) in [5, 5.41) is 8.08. The molecule has 2 aromatic heterocycles. The predicted molar refractivity (Wildman–Crippen MR) is 135 cm³/mol. The Morgan fingerprint density at radius 3 is 2.58 bits per heavy atom. The number of carbonyl (C=O) groups excluding carboxylic acids is 2. The van der Waals surface area contributed by atoms with Crippen molar-refractivity contribution < 1.29 is 27.5 Å². The second kappa shape index (κ2) is 11.0. The number of halogens is 5. The van der Waals surface area contributed by atoms with Crippen LogP contribution >= 0.6 is 23.2 Å². The van der Waals surface area contributed by atoms with E-state index in [9.17, 15) is 22.8 Å². The molecule has 0 spiro atoms. The van der Waals surface area contributed by atoms with Crippen LogP contribution in [0, 0.1) is 0 Å². The number of nitrogens with two attached hydrogens (primary N) is 1. The summed E-state index contributed by atoms with van der Waals surface area (Å²) >= 11 is 12.0. The molecule has 3 aromatic rings. The van der Waals surface area contributed by atoms with Crippen molar-refractivity contribution in [3.63, 3.8) is 0 Å².